The zero-order valence-corrected chi connectivity index (χ0v) is 13.0. The van der Waals surface area contributed by atoms with Crippen LogP contribution < -0.4 is 0 Å². The maximum atomic E-state index is 13.4. The second-order valence-electron chi connectivity index (χ2n) is 4.75. The van der Waals surface area contributed by atoms with Crippen LogP contribution in [0.5, 0.6) is 0 Å². The molecular formula is C17H17ClFNO. The first-order chi connectivity index (χ1) is 10.0. The molecule has 0 atom stereocenters. The Labute approximate surface area is 129 Å². The van der Waals surface area contributed by atoms with Crippen molar-refractivity contribution in [1.82, 2.24) is 0 Å². The van der Waals surface area contributed by atoms with Gasteiger partial charge >= 0.3 is 0 Å². The van der Waals surface area contributed by atoms with Gasteiger partial charge in [-0.2, -0.15) is 0 Å². The number of nitrogens with zero attached hydrogens (tertiary/aromatic N) is 1. The molecule has 0 aliphatic carbocycles. The molecule has 2 aromatic carbocycles. The molecule has 0 heterocycles. The van der Waals surface area contributed by atoms with Crippen LogP contribution in [0.15, 0.2) is 41.6 Å². The summed E-state index contributed by atoms with van der Waals surface area (Å²) in [7, 11) is 0. The van der Waals surface area contributed by atoms with Gasteiger partial charge in [-0.25, -0.2) is 4.39 Å². The van der Waals surface area contributed by atoms with Crippen molar-refractivity contribution in [2.45, 2.75) is 20.8 Å². The molecule has 0 radical (unpaired) electrons. The predicted octanol–water partition coefficient (Wildman–Crippen LogP) is 5.22. The van der Waals surface area contributed by atoms with Gasteiger partial charge in [0.1, 0.15) is 12.4 Å². The van der Waals surface area contributed by atoms with E-state index >= 15 is 0 Å². The van der Waals surface area contributed by atoms with Crippen LogP contribution in [0, 0.1) is 12.7 Å². The van der Waals surface area contributed by atoms with E-state index < -0.39 is 0 Å². The van der Waals surface area contributed by atoms with Crippen molar-refractivity contribution in [3.05, 3.63) is 58.4 Å². The van der Waals surface area contributed by atoms with Crippen LogP contribution in [0.1, 0.15) is 25.0 Å². The van der Waals surface area contributed by atoms with Crippen LogP contribution in [-0.4, -0.2) is 12.3 Å². The molecule has 0 saturated carbocycles. The molecule has 4 heteroatoms. The van der Waals surface area contributed by atoms with Crippen molar-refractivity contribution in [1.29, 1.82) is 0 Å². The number of aryl methyl sites for hydroxylation is 1. The molecule has 0 saturated heterocycles. The zero-order valence-electron chi connectivity index (χ0n) is 12.3. The summed E-state index contributed by atoms with van der Waals surface area (Å²) in [6.07, 6.45) is 0. The lowest BCUT2D eigenvalue weighted by molar-refractivity contribution is 0.159. The maximum Gasteiger partial charge on any atom is 0.123 e. The fraction of sp³-hybridized carbons (Fsp3) is 0.235. The quantitative estimate of drug-likeness (QED) is 0.561. The summed E-state index contributed by atoms with van der Waals surface area (Å²) < 4.78 is 13.4. The van der Waals surface area contributed by atoms with E-state index in [1.54, 1.807) is 6.07 Å². The highest BCUT2D eigenvalue weighted by atomic mass is 35.5. The number of benzene rings is 2. The minimum Gasteiger partial charge on any atom is -0.396 e. The minimum absolute atomic E-state index is 0.259. The first-order valence-corrected chi connectivity index (χ1v) is 7.13. The first-order valence-electron chi connectivity index (χ1n) is 6.76. The Kier molecular flexibility index (Phi) is 4.97. The van der Waals surface area contributed by atoms with E-state index in [1.165, 1.54) is 12.1 Å². The normalized spacial score (nSPS) is 11.6. The van der Waals surface area contributed by atoms with Gasteiger partial charge in [-0.05, 0) is 55.7 Å². The van der Waals surface area contributed by atoms with Gasteiger partial charge < -0.3 is 4.84 Å². The van der Waals surface area contributed by atoms with Crippen LogP contribution in [0.25, 0.3) is 11.1 Å². The number of halogens is 2. The van der Waals surface area contributed by atoms with Crippen molar-refractivity contribution in [3.8, 4) is 11.1 Å². The number of oxime groups is 1. The third-order valence-electron chi connectivity index (χ3n) is 3.20. The Morgan fingerprint density at radius 1 is 1.24 bits per heavy atom. The van der Waals surface area contributed by atoms with E-state index in [0.29, 0.717) is 17.3 Å². The third kappa shape index (κ3) is 3.61. The van der Waals surface area contributed by atoms with E-state index in [9.17, 15) is 4.39 Å². The van der Waals surface area contributed by atoms with Gasteiger partial charge in [-0.15, -0.1) is 0 Å². The highest BCUT2D eigenvalue weighted by molar-refractivity contribution is 6.34. The summed E-state index contributed by atoms with van der Waals surface area (Å²) in [6.45, 7) is 6.16. The van der Waals surface area contributed by atoms with Gasteiger partial charge in [0.05, 0.1) is 10.7 Å². The summed E-state index contributed by atoms with van der Waals surface area (Å²) in [4.78, 5) is 5.03. The van der Waals surface area contributed by atoms with Gasteiger partial charge in [-0.1, -0.05) is 35.0 Å². The van der Waals surface area contributed by atoms with E-state index in [1.807, 2.05) is 39.0 Å². The summed E-state index contributed by atoms with van der Waals surface area (Å²) in [5.74, 6) is -0.259. The van der Waals surface area contributed by atoms with Crippen molar-refractivity contribution in [2.75, 3.05) is 6.61 Å². The Hall–Kier alpha value is -1.87. The highest BCUT2D eigenvalue weighted by Crippen LogP contribution is 2.29. The molecule has 0 amide bonds. The lowest BCUT2D eigenvalue weighted by Gasteiger charge is -2.09. The molecule has 2 nitrogen and oxygen atoms in total. The Bertz CT molecular complexity index is 682. The molecule has 0 bridgehead atoms. The lowest BCUT2D eigenvalue weighted by Crippen LogP contribution is -1.98. The molecule has 21 heavy (non-hydrogen) atoms. The summed E-state index contributed by atoms with van der Waals surface area (Å²) >= 11 is 6.32. The molecule has 2 aromatic rings. The molecular weight excluding hydrogens is 289 g/mol. The minimum atomic E-state index is -0.259. The van der Waals surface area contributed by atoms with E-state index in [0.717, 1.165) is 22.3 Å². The van der Waals surface area contributed by atoms with Crippen molar-refractivity contribution < 1.29 is 9.23 Å². The average Bonchev–Trinajstić information content (AvgIpc) is 2.47. The Morgan fingerprint density at radius 2 is 2.00 bits per heavy atom. The van der Waals surface area contributed by atoms with Gasteiger partial charge in [0.25, 0.3) is 0 Å². The first kappa shape index (κ1) is 15.5. The highest BCUT2D eigenvalue weighted by Gasteiger charge is 2.09. The van der Waals surface area contributed by atoms with Crippen LogP contribution in [0.4, 0.5) is 4.39 Å². The van der Waals surface area contributed by atoms with Crippen LogP contribution in [0.3, 0.4) is 0 Å². The summed E-state index contributed by atoms with van der Waals surface area (Å²) in [5, 5.41) is 4.55. The van der Waals surface area contributed by atoms with E-state index in [4.69, 9.17) is 16.4 Å². The maximum absolute atomic E-state index is 13.4. The van der Waals surface area contributed by atoms with E-state index in [-0.39, 0.29) is 5.82 Å². The van der Waals surface area contributed by atoms with Gasteiger partial charge in [0.15, 0.2) is 0 Å². The van der Waals surface area contributed by atoms with Crippen LogP contribution in [-0.2, 0) is 4.84 Å². The SMILES string of the molecule is CCON=C(C)c1ccc(-c2cc(F)ccc2C)cc1Cl. The Balaban J connectivity index is 2.41. The largest absolute Gasteiger partial charge is 0.396 e. The van der Waals surface area contributed by atoms with E-state index in [2.05, 4.69) is 5.16 Å². The van der Waals surface area contributed by atoms with Crippen LogP contribution >= 0.6 is 11.6 Å². The molecule has 2 rings (SSSR count). The van der Waals surface area contributed by atoms with Crippen LogP contribution in [0.2, 0.25) is 5.02 Å². The second-order valence-corrected chi connectivity index (χ2v) is 5.16. The van der Waals surface area contributed by atoms with Gasteiger partial charge in [-0.3, -0.25) is 0 Å². The molecule has 0 unspecified atom stereocenters. The molecule has 0 N–H and O–H groups in total. The van der Waals surface area contributed by atoms with Crippen molar-refractivity contribution in [3.63, 3.8) is 0 Å². The zero-order chi connectivity index (χ0) is 15.4. The molecule has 0 aromatic heterocycles. The monoisotopic (exact) mass is 305 g/mol. The smallest absolute Gasteiger partial charge is 0.123 e. The fourth-order valence-corrected chi connectivity index (χ4v) is 2.41. The summed E-state index contributed by atoms with van der Waals surface area (Å²) in [6, 6.07) is 10.3. The molecule has 0 fully saturated rings. The molecule has 0 spiro atoms. The van der Waals surface area contributed by atoms with Crippen molar-refractivity contribution >= 4 is 17.3 Å². The number of hydrogen-bond acceptors (Lipinski definition) is 2. The average molecular weight is 306 g/mol. The molecule has 0 aliphatic heterocycles. The van der Waals surface area contributed by atoms with Gasteiger partial charge in [0.2, 0.25) is 0 Å². The van der Waals surface area contributed by atoms with Gasteiger partial charge in [0, 0.05) is 5.56 Å². The Morgan fingerprint density at radius 3 is 2.67 bits per heavy atom. The summed E-state index contributed by atoms with van der Waals surface area (Å²) in [5.41, 5.74) is 4.24. The topological polar surface area (TPSA) is 21.6 Å². The fourth-order valence-electron chi connectivity index (χ4n) is 2.09. The molecule has 110 valence electrons. The molecule has 0 aliphatic rings. The predicted molar refractivity (Wildman–Crippen MR) is 85.4 cm³/mol. The standard InChI is InChI=1S/C17H17ClFNO/c1-4-21-20-12(3)15-8-6-13(9-17(15)18)16-10-14(19)7-5-11(16)2/h5-10H,4H2,1-3H3. The second kappa shape index (κ2) is 6.72. The number of hydrogen-bond donors (Lipinski definition) is 0. The van der Waals surface area contributed by atoms with Crippen molar-refractivity contribution in [2.24, 2.45) is 5.16 Å². The number of rotatable bonds is 4. The lowest BCUT2D eigenvalue weighted by atomic mass is 9.98. The third-order valence-corrected chi connectivity index (χ3v) is 3.51.